The minimum absolute atomic E-state index is 0.0544. The van der Waals surface area contributed by atoms with Crippen LogP contribution in [0.2, 0.25) is 0 Å². The lowest BCUT2D eigenvalue weighted by Gasteiger charge is -2.22. The van der Waals surface area contributed by atoms with E-state index in [2.05, 4.69) is 0 Å². The number of carboxylic acid groups (broad SMARTS) is 2. The molecule has 0 aromatic heterocycles. The number of carboxylic acids is 2. The van der Waals surface area contributed by atoms with Gasteiger partial charge in [-0.15, -0.1) is 23.2 Å². The SMILES string of the molecule is O=C(O)CN(CCCl)CCCN(CCCl)CC(=O)O. The molecule has 0 aliphatic heterocycles. The van der Waals surface area contributed by atoms with E-state index < -0.39 is 11.9 Å². The monoisotopic (exact) mass is 314 g/mol. The van der Waals surface area contributed by atoms with E-state index in [1.807, 2.05) is 0 Å². The molecule has 112 valence electrons. The molecule has 0 rings (SSSR count). The molecule has 0 spiro atoms. The van der Waals surface area contributed by atoms with E-state index in [1.165, 1.54) is 0 Å². The number of rotatable bonds is 12. The van der Waals surface area contributed by atoms with Crippen molar-refractivity contribution in [3.8, 4) is 0 Å². The summed E-state index contributed by atoms with van der Waals surface area (Å²) < 4.78 is 0. The minimum Gasteiger partial charge on any atom is -0.480 e. The van der Waals surface area contributed by atoms with Crippen LogP contribution in [0.15, 0.2) is 0 Å². The Labute approximate surface area is 122 Å². The Morgan fingerprint density at radius 1 is 0.789 bits per heavy atom. The number of halogens is 2. The van der Waals surface area contributed by atoms with E-state index in [1.54, 1.807) is 9.80 Å². The van der Waals surface area contributed by atoms with Gasteiger partial charge in [0.2, 0.25) is 0 Å². The number of nitrogens with zero attached hydrogens (tertiary/aromatic N) is 2. The standard InChI is InChI=1S/C11H20Cl2N2O4/c12-2-6-14(8-10(16)17)4-1-5-15(7-3-13)9-11(18)19/h1-9H2,(H,16,17)(H,18,19). The average molecular weight is 315 g/mol. The van der Waals surface area contributed by atoms with Gasteiger partial charge >= 0.3 is 11.9 Å². The summed E-state index contributed by atoms with van der Waals surface area (Å²) >= 11 is 11.2. The maximum Gasteiger partial charge on any atom is 0.317 e. The molecule has 0 radical (unpaired) electrons. The van der Waals surface area contributed by atoms with Gasteiger partial charge in [0.25, 0.3) is 0 Å². The first-order chi connectivity index (χ1) is 8.99. The van der Waals surface area contributed by atoms with Crippen molar-refractivity contribution in [2.45, 2.75) is 6.42 Å². The van der Waals surface area contributed by atoms with E-state index in [-0.39, 0.29) is 13.1 Å². The van der Waals surface area contributed by atoms with Crippen LogP contribution in [0.4, 0.5) is 0 Å². The molecule has 6 nitrogen and oxygen atoms in total. The summed E-state index contributed by atoms with van der Waals surface area (Å²) in [6.45, 7) is 2.03. The number of alkyl halides is 2. The summed E-state index contributed by atoms with van der Waals surface area (Å²) in [5, 5.41) is 17.5. The van der Waals surface area contributed by atoms with Crippen LogP contribution in [0, 0.1) is 0 Å². The molecule has 0 amide bonds. The van der Waals surface area contributed by atoms with Crippen LogP contribution in [0.1, 0.15) is 6.42 Å². The largest absolute Gasteiger partial charge is 0.480 e. The second kappa shape index (κ2) is 11.3. The van der Waals surface area contributed by atoms with Gasteiger partial charge in [0.15, 0.2) is 0 Å². The Balaban J connectivity index is 4.04. The maximum absolute atomic E-state index is 10.6. The van der Waals surface area contributed by atoms with E-state index in [0.717, 1.165) is 0 Å². The van der Waals surface area contributed by atoms with Crippen LogP contribution >= 0.6 is 23.2 Å². The molecule has 0 bridgehead atoms. The third-order valence-electron chi connectivity index (χ3n) is 2.47. The van der Waals surface area contributed by atoms with Crippen molar-refractivity contribution < 1.29 is 19.8 Å². The van der Waals surface area contributed by atoms with Gasteiger partial charge in [-0.1, -0.05) is 0 Å². The highest BCUT2D eigenvalue weighted by atomic mass is 35.5. The lowest BCUT2D eigenvalue weighted by atomic mass is 10.3. The molecule has 0 fully saturated rings. The molecule has 19 heavy (non-hydrogen) atoms. The third kappa shape index (κ3) is 11.0. The van der Waals surface area contributed by atoms with Gasteiger partial charge in [0.1, 0.15) is 0 Å². The molecular formula is C11H20Cl2N2O4. The summed E-state index contributed by atoms with van der Waals surface area (Å²) in [4.78, 5) is 24.7. The zero-order chi connectivity index (χ0) is 14.7. The minimum atomic E-state index is -0.895. The Morgan fingerprint density at radius 3 is 1.42 bits per heavy atom. The first-order valence-electron chi connectivity index (χ1n) is 5.99. The summed E-state index contributed by atoms with van der Waals surface area (Å²) in [6.07, 6.45) is 0.675. The van der Waals surface area contributed by atoms with E-state index in [0.29, 0.717) is 44.4 Å². The van der Waals surface area contributed by atoms with E-state index >= 15 is 0 Å². The highest BCUT2D eigenvalue weighted by molar-refractivity contribution is 6.18. The summed E-state index contributed by atoms with van der Waals surface area (Å²) in [6, 6.07) is 0. The lowest BCUT2D eigenvalue weighted by Crippen LogP contribution is -2.36. The topological polar surface area (TPSA) is 81.1 Å². The van der Waals surface area contributed by atoms with Crippen LogP contribution in [-0.2, 0) is 9.59 Å². The highest BCUT2D eigenvalue weighted by Gasteiger charge is 2.12. The number of aliphatic carboxylic acids is 2. The first-order valence-corrected chi connectivity index (χ1v) is 7.06. The third-order valence-corrected chi connectivity index (χ3v) is 2.81. The quantitative estimate of drug-likeness (QED) is 0.514. The zero-order valence-corrected chi connectivity index (χ0v) is 12.2. The van der Waals surface area contributed by atoms with Crippen molar-refractivity contribution in [2.24, 2.45) is 0 Å². The molecule has 0 unspecified atom stereocenters. The molecule has 0 saturated heterocycles. The lowest BCUT2D eigenvalue weighted by molar-refractivity contribution is -0.138. The fourth-order valence-electron chi connectivity index (χ4n) is 1.68. The first kappa shape index (κ1) is 18.4. The van der Waals surface area contributed by atoms with Crippen molar-refractivity contribution in [3.63, 3.8) is 0 Å². The normalized spacial score (nSPS) is 11.2. The Bertz CT molecular complexity index is 253. The summed E-state index contributed by atoms with van der Waals surface area (Å²) in [5.74, 6) is -1.05. The average Bonchev–Trinajstić information content (AvgIpc) is 2.27. The Hall–Kier alpha value is -0.560. The van der Waals surface area contributed by atoms with Crippen LogP contribution in [0.25, 0.3) is 0 Å². The van der Waals surface area contributed by atoms with Gasteiger partial charge in [0, 0.05) is 24.8 Å². The van der Waals surface area contributed by atoms with Gasteiger partial charge in [0.05, 0.1) is 13.1 Å². The molecule has 0 saturated carbocycles. The Kier molecular flexibility index (Phi) is 10.9. The zero-order valence-electron chi connectivity index (χ0n) is 10.7. The predicted molar refractivity (Wildman–Crippen MR) is 74.2 cm³/mol. The molecule has 0 atom stereocenters. The molecule has 0 aromatic rings. The molecule has 0 aliphatic carbocycles. The molecule has 0 aliphatic rings. The van der Waals surface area contributed by atoms with Gasteiger partial charge in [-0.3, -0.25) is 19.4 Å². The molecule has 0 aromatic carbocycles. The highest BCUT2D eigenvalue weighted by Crippen LogP contribution is 1.98. The number of hydrogen-bond donors (Lipinski definition) is 2. The molecular weight excluding hydrogens is 295 g/mol. The molecule has 8 heteroatoms. The van der Waals surface area contributed by atoms with Crippen LogP contribution < -0.4 is 0 Å². The van der Waals surface area contributed by atoms with Crippen LogP contribution in [-0.4, -0.2) is 83.0 Å². The second-order valence-electron chi connectivity index (χ2n) is 4.07. The summed E-state index contributed by atoms with van der Waals surface area (Å²) in [5.41, 5.74) is 0. The van der Waals surface area contributed by atoms with E-state index in [9.17, 15) is 9.59 Å². The number of carbonyl (C=O) groups is 2. The maximum atomic E-state index is 10.6. The van der Waals surface area contributed by atoms with Crippen molar-refractivity contribution >= 4 is 35.1 Å². The number of hydrogen-bond acceptors (Lipinski definition) is 4. The van der Waals surface area contributed by atoms with E-state index in [4.69, 9.17) is 33.4 Å². The van der Waals surface area contributed by atoms with Gasteiger partial charge in [-0.2, -0.15) is 0 Å². The Morgan fingerprint density at radius 2 is 1.16 bits per heavy atom. The van der Waals surface area contributed by atoms with Gasteiger partial charge in [-0.05, 0) is 19.5 Å². The molecule has 2 N–H and O–H groups in total. The molecule has 0 heterocycles. The smallest absolute Gasteiger partial charge is 0.317 e. The van der Waals surface area contributed by atoms with Crippen molar-refractivity contribution in [1.29, 1.82) is 0 Å². The van der Waals surface area contributed by atoms with Gasteiger partial charge in [-0.25, -0.2) is 0 Å². The van der Waals surface area contributed by atoms with Crippen molar-refractivity contribution in [2.75, 3.05) is 51.0 Å². The fraction of sp³-hybridized carbons (Fsp3) is 0.818. The van der Waals surface area contributed by atoms with Crippen LogP contribution in [0.5, 0.6) is 0 Å². The van der Waals surface area contributed by atoms with Gasteiger partial charge < -0.3 is 10.2 Å². The second-order valence-corrected chi connectivity index (χ2v) is 4.83. The summed E-state index contributed by atoms with van der Waals surface area (Å²) in [7, 11) is 0. The predicted octanol–water partition coefficient (Wildman–Crippen LogP) is 0.627. The fourth-order valence-corrected chi connectivity index (χ4v) is 2.16. The van der Waals surface area contributed by atoms with Crippen LogP contribution in [0.3, 0.4) is 0 Å². The van der Waals surface area contributed by atoms with Crippen molar-refractivity contribution in [3.05, 3.63) is 0 Å². The van der Waals surface area contributed by atoms with Crippen molar-refractivity contribution in [1.82, 2.24) is 9.80 Å².